The van der Waals surface area contributed by atoms with Crippen LogP contribution in [0.5, 0.6) is 5.75 Å². The van der Waals surface area contributed by atoms with Crippen molar-refractivity contribution in [1.29, 1.82) is 0 Å². The molecular formula is C21H20ClN4O5+. The van der Waals surface area contributed by atoms with Crippen LogP contribution in [0.25, 0.3) is 0 Å². The summed E-state index contributed by atoms with van der Waals surface area (Å²) >= 11 is 5.85. The Labute approximate surface area is 182 Å². The molecule has 0 aliphatic rings. The number of benzene rings is 2. The first-order chi connectivity index (χ1) is 14.9. The van der Waals surface area contributed by atoms with E-state index in [2.05, 4.69) is 10.3 Å². The Morgan fingerprint density at radius 3 is 2.45 bits per heavy atom. The standard InChI is InChI=1S/C21H19ClN4O5/c1-3-31-21(29)19-20(28)26(23-12-14-4-10-17(30-2)11-5-14)24-25(19)13-18(27)15-6-8-16(22)9-7-15/h4-12H,3,13H2,1-2H3/p+1/b23-12+. The zero-order valence-electron chi connectivity index (χ0n) is 16.9. The second-order valence-corrected chi connectivity index (χ2v) is 6.76. The number of aromatic amines is 1. The molecule has 0 bridgehead atoms. The Kier molecular flexibility index (Phi) is 6.99. The number of carbonyl (C=O) groups excluding carboxylic acids is 2. The molecule has 10 heteroatoms. The summed E-state index contributed by atoms with van der Waals surface area (Å²) in [6.45, 7) is 1.40. The van der Waals surface area contributed by atoms with Crippen molar-refractivity contribution in [2.75, 3.05) is 13.7 Å². The molecule has 1 heterocycles. The first-order valence-electron chi connectivity index (χ1n) is 9.32. The van der Waals surface area contributed by atoms with E-state index < -0.39 is 11.5 Å². The lowest BCUT2D eigenvalue weighted by Gasteiger charge is -2.01. The van der Waals surface area contributed by atoms with Crippen molar-refractivity contribution in [2.24, 2.45) is 5.10 Å². The minimum absolute atomic E-state index is 0.0731. The third-order valence-corrected chi connectivity index (χ3v) is 4.51. The molecule has 2 aromatic carbocycles. The quantitative estimate of drug-likeness (QED) is 0.248. The highest BCUT2D eigenvalue weighted by molar-refractivity contribution is 6.30. The highest BCUT2D eigenvalue weighted by Crippen LogP contribution is 2.11. The summed E-state index contributed by atoms with van der Waals surface area (Å²) in [7, 11) is 1.56. The van der Waals surface area contributed by atoms with Crippen LogP contribution in [0.1, 0.15) is 33.3 Å². The maximum atomic E-state index is 12.7. The van der Waals surface area contributed by atoms with Gasteiger partial charge in [0.15, 0.2) is 6.54 Å². The van der Waals surface area contributed by atoms with Crippen molar-refractivity contribution < 1.29 is 23.7 Å². The molecule has 1 aromatic heterocycles. The van der Waals surface area contributed by atoms with Gasteiger partial charge in [-0.25, -0.2) is 9.59 Å². The number of methoxy groups -OCH3 is 1. The molecule has 0 spiro atoms. The number of hydrogen-bond acceptors (Lipinski definition) is 6. The molecule has 0 saturated carbocycles. The summed E-state index contributed by atoms with van der Waals surface area (Å²) in [6.07, 6.45) is 1.43. The molecule has 0 aliphatic heterocycles. The van der Waals surface area contributed by atoms with E-state index in [9.17, 15) is 14.4 Å². The van der Waals surface area contributed by atoms with Crippen LogP contribution in [-0.4, -0.2) is 41.7 Å². The number of rotatable bonds is 8. The number of aromatic nitrogens is 3. The van der Waals surface area contributed by atoms with Gasteiger partial charge >= 0.3 is 17.2 Å². The first-order valence-corrected chi connectivity index (χ1v) is 9.70. The van der Waals surface area contributed by atoms with Gasteiger partial charge in [-0.05, 0) is 61.0 Å². The Morgan fingerprint density at radius 2 is 1.84 bits per heavy atom. The van der Waals surface area contributed by atoms with Crippen molar-refractivity contribution in [3.05, 3.63) is 80.7 Å². The van der Waals surface area contributed by atoms with Gasteiger partial charge in [0.1, 0.15) is 5.75 Å². The van der Waals surface area contributed by atoms with E-state index in [1.807, 2.05) is 0 Å². The van der Waals surface area contributed by atoms with E-state index in [0.717, 1.165) is 9.47 Å². The van der Waals surface area contributed by atoms with Crippen molar-refractivity contribution in [1.82, 2.24) is 10.0 Å². The summed E-state index contributed by atoms with van der Waals surface area (Å²) in [6, 6.07) is 13.3. The predicted octanol–water partition coefficient (Wildman–Crippen LogP) is 2.07. The largest absolute Gasteiger partial charge is 0.497 e. The van der Waals surface area contributed by atoms with Gasteiger partial charge in [-0.3, -0.25) is 4.79 Å². The second-order valence-electron chi connectivity index (χ2n) is 6.32. The average Bonchev–Trinajstić information content (AvgIpc) is 3.08. The fourth-order valence-electron chi connectivity index (χ4n) is 2.70. The molecule has 0 radical (unpaired) electrons. The number of nitrogens with one attached hydrogen (secondary N) is 1. The van der Waals surface area contributed by atoms with E-state index in [4.69, 9.17) is 21.1 Å². The molecule has 0 saturated heterocycles. The van der Waals surface area contributed by atoms with Gasteiger partial charge < -0.3 is 9.47 Å². The fraction of sp³-hybridized carbons (Fsp3) is 0.190. The van der Waals surface area contributed by atoms with Crippen molar-refractivity contribution in [3.8, 4) is 5.75 Å². The van der Waals surface area contributed by atoms with Crippen LogP contribution in [-0.2, 0) is 11.3 Å². The number of ketones is 1. The molecule has 1 N–H and O–H groups in total. The number of H-pyrrole nitrogens is 1. The highest BCUT2D eigenvalue weighted by Gasteiger charge is 2.31. The van der Waals surface area contributed by atoms with Crippen LogP contribution in [0, 0.1) is 0 Å². The lowest BCUT2D eigenvalue weighted by Crippen LogP contribution is -2.46. The zero-order chi connectivity index (χ0) is 22.4. The Bertz CT molecular complexity index is 1160. The van der Waals surface area contributed by atoms with Crippen LogP contribution in [0.4, 0.5) is 0 Å². The molecule has 3 aromatic rings. The van der Waals surface area contributed by atoms with Crippen LogP contribution in [0.3, 0.4) is 0 Å². The minimum atomic E-state index is -0.856. The van der Waals surface area contributed by atoms with Gasteiger partial charge in [-0.2, -0.15) is 0 Å². The van der Waals surface area contributed by atoms with E-state index >= 15 is 0 Å². The summed E-state index contributed by atoms with van der Waals surface area (Å²) in [5.41, 5.74) is -0.00557. The predicted molar refractivity (Wildman–Crippen MR) is 113 cm³/mol. The summed E-state index contributed by atoms with van der Waals surface area (Å²) in [5.74, 6) is -0.511. The molecule has 0 fully saturated rings. The number of Topliss-reactive ketones (excluding diaryl/α,β-unsaturated/α-hetero) is 1. The first kappa shape index (κ1) is 22.0. The van der Waals surface area contributed by atoms with E-state index in [1.165, 1.54) is 6.21 Å². The summed E-state index contributed by atoms with van der Waals surface area (Å²) in [5, 5.41) is 7.21. The molecule has 9 nitrogen and oxygen atoms in total. The number of carbonyl (C=O) groups is 2. The monoisotopic (exact) mass is 443 g/mol. The van der Waals surface area contributed by atoms with Crippen molar-refractivity contribution in [2.45, 2.75) is 13.5 Å². The Balaban J connectivity index is 1.92. The molecule has 31 heavy (non-hydrogen) atoms. The SMILES string of the molecule is CCOC(=O)c1c(=O)n(/N=C/c2ccc(OC)cc2)[nH][n+]1CC(=O)c1ccc(Cl)cc1. The topological polar surface area (TPSA) is 107 Å². The average molecular weight is 444 g/mol. The molecular weight excluding hydrogens is 424 g/mol. The Hall–Kier alpha value is -3.72. The summed E-state index contributed by atoms with van der Waals surface area (Å²) in [4.78, 5) is 38.6. The summed E-state index contributed by atoms with van der Waals surface area (Å²) < 4.78 is 11.2. The lowest BCUT2D eigenvalue weighted by atomic mass is 10.1. The zero-order valence-corrected chi connectivity index (χ0v) is 17.6. The van der Waals surface area contributed by atoms with E-state index in [0.29, 0.717) is 21.9 Å². The van der Waals surface area contributed by atoms with Gasteiger partial charge in [0.05, 0.1) is 19.9 Å². The van der Waals surface area contributed by atoms with Crippen molar-refractivity contribution in [3.63, 3.8) is 0 Å². The number of hydrogen-bond donors (Lipinski definition) is 1. The van der Waals surface area contributed by atoms with E-state index in [1.54, 1.807) is 62.6 Å². The molecule has 0 aliphatic carbocycles. The van der Waals surface area contributed by atoms with Crippen LogP contribution in [0.15, 0.2) is 58.4 Å². The van der Waals surface area contributed by atoms with Gasteiger partial charge in [-0.15, -0.1) is 4.68 Å². The van der Waals surface area contributed by atoms with Crippen molar-refractivity contribution >= 4 is 29.6 Å². The number of ether oxygens (including phenoxy) is 2. The van der Waals surface area contributed by atoms with Gasteiger partial charge in [0, 0.05) is 15.4 Å². The molecule has 0 unspecified atom stereocenters. The smallest absolute Gasteiger partial charge is 0.434 e. The second kappa shape index (κ2) is 9.86. The maximum absolute atomic E-state index is 12.7. The number of nitrogens with zero attached hydrogens (tertiary/aromatic N) is 3. The van der Waals surface area contributed by atoms with Gasteiger partial charge in [-0.1, -0.05) is 21.9 Å². The highest BCUT2D eigenvalue weighted by atomic mass is 35.5. The lowest BCUT2D eigenvalue weighted by molar-refractivity contribution is -0.744. The Morgan fingerprint density at radius 1 is 1.16 bits per heavy atom. The molecule has 3 rings (SSSR count). The molecule has 0 atom stereocenters. The molecule has 0 amide bonds. The normalized spacial score (nSPS) is 10.9. The maximum Gasteiger partial charge on any atom is 0.434 e. The van der Waals surface area contributed by atoms with Crippen LogP contribution in [0.2, 0.25) is 5.02 Å². The van der Waals surface area contributed by atoms with E-state index in [-0.39, 0.29) is 24.6 Å². The fourth-order valence-corrected chi connectivity index (χ4v) is 2.83. The third-order valence-electron chi connectivity index (χ3n) is 4.26. The van der Waals surface area contributed by atoms with Gasteiger partial charge in [0.2, 0.25) is 5.78 Å². The van der Waals surface area contributed by atoms with Crippen LogP contribution < -0.4 is 15.0 Å². The molecule has 160 valence electrons. The minimum Gasteiger partial charge on any atom is -0.497 e. The number of halogens is 1. The third kappa shape index (κ3) is 5.26. The number of esters is 1. The van der Waals surface area contributed by atoms with Crippen LogP contribution >= 0.6 is 11.6 Å². The van der Waals surface area contributed by atoms with Gasteiger partial charge in [0.25, 0.3) is 0 Å².